The highest BCUT2D eigenvalue weighted by Gasteiger charge is 2.06. The fourth-order valence-electron chi connectivity index (χ4n) is 2.51. The van der Waals surface area contributed by atoms with Gasteiger partial charge in [0.2, 0.25) is 0 Å². The molecule has 0 unspecified atom stereocenters. The van der Waals surface area contributed by atoms with Gasteiger partial charge in [0.15, 0.2) is 0 Å². The summed E-state index contributed by atoms with van der Waals surface area (Å²) in [5.41, 5.74) is 2.68. The van der Waals surface area contributed by atoms with Gasteiger partial charge in [0.05, 0.1) is 18.8 Å². The molecule has 25 heavy (non-hydrogen) atoms. The number of aliphatic hydroxyl groups excluding tert-OH is 1. The third-order valence-corrected chi connectivity index (χ3v) is 3.90. The number of hydrogen-bond acceptors (Lipinski definition) is 4. The Balaban J connectivity index is 1.86. The summed E-state index contributed by atoms with van der Waals surface area (Å²) in [5, 5.41) is 8.73. The molecule has 134 valence electrons. The second-order valence-electron chi connectivity index (χ2n) is 5.81. The summed E-state index contributed by atoms with van der Waals surface area (Å²) in [6.45, 7) is 3.14. The fraction of sp³-hybridized carbons (Fsp3) is 0.381. The van der Waals surface area contributed by atoms with Gasteiger partial charge in [-0.2, -0.15) is 0 Å². The van der Waals surface area contributed by atoms with E-state index in [1.54, 1.807) is 19.1 Å². The third kappa shape index (κ3) is 6.24. The van der Waals surface area contributed by atoms with Gasteiger partial charge in [-0.1, -0.05) is 30.7 Å². The lowest BCUT2D eigenvalue weighted by molar-refractivity contribution is 0.0526. The molecule has 0 saturated heterocycles. The van der Waals surface area contributed by atoms with Crippen LogP contribution in [-0.2, 0) is 4.74 Å². The van der Waals surface area contributed by atoms with Crippen LogP contribution in [0, 0.1) is 0 Å². The zero-order valence-corrected chi connectivity index (χ0v) is 14.7. The van der Waals surface area contributed by atoms with Crippen molar-refractivity contribution in [3.05, 3.63) is 54.1 Å². The lowest BCUT2D eigenvalue weighted by Gasteiger charge is -2.08. The highest BCUT2D eigenvalue weighted by Crippen LogP contribution is 2.23. The van der Waals surface area contributed by atoms with E-state index in [-0.39, 0.29) is 12.6 Å². The molecule has 2 aromatic carbocycles. The topological polar surface area (TPSA) is 55.8 Å². The number of unbranched alkanes of at least 4 members (excludes halogenated alkanes) is 3. The second kappa shape index (κ2) is 10.5. The number of benzene rings is 2. The Labute approximate surface area is 149 Å². The first-order valence-corrected chi connectivity index (χ1v) is 8.86. The molecule has 0 aliphatic heterocycles. The summed E-state index contributed by atoms with van der Waals surface area (Å²) in [6.07, 6.45) is 3.98. The van der Waals surface area contributed by atoms with Crippen LogP contribution in [0.2, 0.25) is 0 Å². The van der Waals surface area contributed by atoms with E-state index in [4.69, 9.17) is 14.6 Å². The predicted octanol–water partition coefficient (Wildman–Crippen LogP) is 4.46. The summed E-state index contributed by atoms with van der Waals surface area (Å²) >= 11 is 0. The molecule has 0 saturated carbocycles. The van der Waals surface area contributed by atoms with E-state index in [0.29, 0.717) is 18.8 Å². The van der Waals surface area contributed by atoms with Crippen molar-refractivity contribution < 1.29 is 19.4 Å². The van der Waals surface area contributed by atoms with Crippen molar-refractivity contribution in [1.82, 2.24) is 0 Å². The zero-order valence-electron chi connectivity index (χ0n) is 14.7. The van der Waals surface area contributed by atoms with Crippen LogP contribution in [0.15, 0.2) is 48.5 Å². The minimum atomic E-state index is -0.295. The van der Waals surface area contributed by atoms with Gasteiger partial charge < -0.3 is 14.6 Å². The van der Waals surface area contributed by atoms with Gasteiger partial charge in [-0.05, 0) is 61.6 Å². The molecule has 0 atom stereocenters. The van der Waals surface area contributed by atoms with Gasteiger partial charge in [-0.25, -0.2) is 4.79 Å². The largest absolute Gasteiger partial charge is 0.494 e. The van der Waals surface area contributed by atoms with E-state index in [1.807, 2.05) is 36.4 Å². The van der Waals surface area contributed by atoms with Gasteiger partial charge >= 0.3 is 5.97 Å². The number of hydrogen-bond donors (Lipinski definition) is 1. The van der Waals surface area contributed by atoms with E-state index < -0.39 is 0 Å². The van der Waals surface area contributed by atoms with Crippen molar-refractivity contribution in [2.24, 2.45) is 0 Å². The molecule has 0 aliphatic rings. The lowest BCUT2D eigenvalue weighted by Crippen LogP contribution is -2.03. The molecule has 2 aromatic rings. The van der Waals surface area contributed by atoms with Crippen molar-refractivity contribution >= 4 is 5.97 Å². The molecule has 0 radical (unpaired) electrons. The first-order valence-electron chi connectivity index (χ1n) is 8.86. The molecule has 0 amide bonds. The quantitative estimate of drug-likeness (QED) is 0.511. The minimum Gasteiger partial charge on any atom is -0.494 e. The molecule has 0 fully saturated rings. The molecule has 0 heterocycles. The molecular weight excluding hydrogens is 316 g/mol. The van der Waals surface area contributed by atoms with Gasteiger partial charge in [-0.3, -0.25) is 0 Å². The molecule has 1 N–H and O–H groups in total. The Hall–Kier alpha value is -2.33. The normalized spacial score (nSPS) is 10.5. The van der Waals surface area contributed by atoms with Gasteiger partial charge in [0.1, 0.15) is 5.75 Å². The Kier molecular flexibility index (Phi) is 7.99. The van der Waals surface area contributed by atoms with Crippen LogP contribution in [0.5, 0.6) is 5.75 Å². The number of ether oxygens (including phenoxy) is 2. The molecule has 4 heteroatoms. The highest BCUT2D eigenvalue weighted by atomic mass is 16.5. The Morgan fingerprint density at radius 3 is 2.08 bits per heavy atom. The highest BCUT2D eigenvalue weighted by molar-refractivity contribution is 5.90. The molecular formula is C21H26O4. The molecule has 0 spiro atoms. The van der Waals surface area contributed by atoms with Gasteiger partial charge in [-0.15, -0.1) is 0 Å². The third-order valence-electron chi connectivity index (χ3n) is 3.90. The van der Waals surface area contributed by atoms with Crippen LogP contribution < -0.4 is 4.74 Å². The van der Waals surface area contributed by atoms with Crippen molar-refractivity contribution in [2.75, 3.05) is 19.8 Å². The molecule has 4 nitrogen and oxygen atoms in total. The zero-order chi connectivity index (χ0) is 17.9. The minimum absolute atomic E-state index is 0.267. The summed E-state index contributed by atoms with van der Waals surface area (Å²) < 4.78 is 10.7. The Bertz CT molecular complexity index is 632. The van der Waals surface area contributed by atoms with E-state index >= 15 is 0 Å². The summed E-state index contributed by atoms with van der Waals surface area (Å²) in [7, 11) is 0. The van der Waals surface area contributed by atoms with Gasteiger partial charge in [0, 0.05) is 6.61 Å². The Morgan fingerprint density at radius 2 is 1.48 bits per heavy atom. The van der Waals surface area contributed by atoms with Crippen LogP contribution >= 0.6 is 0 Å². The molecule has 0 aromatic heterocycles. The molecule has 0 bridgehead atoms. The number of rotatable bonds is 10. The van der Waals surface area contributed by atoms with Crippen molar-refractivity contribution in [3.63, 3.8) is 0 Å². The van der Waals surface area contributed by atoms with Gasteiger partial charge in [0.25, 0.3) is 0 Å². The summed E-state index contributed by atoms with van der Waals surface area (Å²) in [6, 6.07) is 15.4. The first kappa shape index (κ1) is 19.0. The number of esters is 1. The SMILES string of the molecule is CCOC(=O)c1ccc(-c2ccc(OCCCCCCO)cc2)cc1. The maximum absolute atomic E-state index is 11.7. The maximum atomic E-state index is 11.7. The smallest absolute Gasteiger partial charge is 0.338 e. The van der Waals surface area contributed by atoms with E-state index in [0.717, 1.165) is 42.6 Å². The number of carbonyl (C=O) groups excluding carboxylic acids is 1. The average Bonchev–Trinajstić information content (AvgIpc) is 2.65. The summed E-state index contributed by atoms with van der Waals surface area (Å²) in [4.78, 5) is 11.7. The molecule has 0 aliphatic carbocycles. The van der Waals surface area contributed by atoms with Crippen LogP contribution in [-0.4, -0.2) is 30.9 Å². The lowest BCUT2D eigenvalue weighted by atomic mass is 10.0. The first-order chi connectivity index (χ1) is 12.2. The Morgan fingerprint density at radius 1 is 0.880 bits per heavy atom. The van der Waals surface area contributed by atoms with Crippen LogP contribution in [0.3, 0.4) is 0 Å². The van der Waals surface area contributed by atoms with Crippen molar-refractivity contribution in [3.8, 4) is 16.9 Å². The predicted molar refractivity (Wildman–Crippen MR) is 98.9 cm³/mol. The van der Waals surface area contributed by atoms with E-state index in [9.17, 15) is 4.79 Å². The van der Waals surface area contributed by atoms with Crippen molar-refractivity contribution in [1.29, 1.82) is 0 Å². The standard InChI is InChI=1S/C21H26O4/c1-2-24-21(23)19-9-7-17(8-10-19)18-11-13-20(14-12-18)25-16-6-4-3-5-15-22/h7-14,22H,2-6,15-16H2,1H3. The van der Waals surface area contributed by atoms with Crippen LogP contribution in [0.25, 0.3) is 11.1 Å². The fourth-order valence-corrected chi connectivity index (χ4v) is 2.51. The second-order valence-corrected chi connectivity index (χ2v) is 5.81. The average molecular weight is 342 g/mol. The van der Waals surface area contributed by atoms with E-state index in [2.05, 4.69) is 0 Å². The summed E-state index contributed by atoms with van der Waals surface area (Å²) in [5.74, 6) is 0.561. The van der Waals surface area contributed by atoms with Crippen LogP contribution in [0.4, 0.5) is 0 Å². The number of carbonyl (C=O) groups is 1. The van der Waals surface area contributed by atoms with E-state index in [1.165, 1.54) is 0 Å². The number of aliphatic hydroxyl groups is 1. The maximum Gasteiger partial charge on any atom is 0.338 e. The van der Waals surface area contributed by atoms with Crippen LogP contribution in [0.1, 0.15) is 43.0 Å². The monoisotopic (exact) mass is 342 g/mol. The van der Waals surface area contributed by atoms with Crippen molar-refractivity contribution in [2.45, 2.75) is 32.6 Å². The molecule has 2 rings (SSSR count).